The number of aryl methyl sites for hydroxylation is 1. The van der Waals surface area contributed by atoms with Crippen molar-refractivity contribution in [2.45, 2.75) is 51.1 Å². The summed E-state index contributed by atoms with van der Waals surface area (Å²) in [5, 5.41) is 6.99. The second-order valence-electron chi connectivity index (χ2n) is 9.20. The molecule has 1 N–H and O–H groups in total. The number of carbonyl (C=O) groups is 1. The van der Waals surface area contributed by atoms with Crippen molar-refractivity contribution in [3.8, 4) is 0 Å². The number of benzene rings is 2. The van der Waals surface area contributed by atoms with Gasteiger partial charge in [-0.05, 0) is 66.6 Å². The Morgan fingerprint density at radius 1 is 1.15 bits per heavy atom. The van der Waals surface area contributed by atoms with Crippen molar-refractivity contribution < 1.29 is 22.8 Å². The number of alkyl halides is 3. The van der Waals surface area contributed by atoms with E-state index in [1.807, 2.05) is 19.1 Å². The number of oxime groups is 1. The van der Waals surface area contributed by atoms with Gasteiger partial charge >= 0.3 is 6.18 Å². The normalized spacial score (nSPS) is 21.8. The highest BCUT2D eigenvalue weighted by atomic mass is 35.5. The van der Waals surface area contributed by atoms with Crippen molar-refractivity contribution in [3.05, 3.63) is 68.2 Å². The van der Waals surface area contributed by atoms with Crippen LogP contribution in [0.4, 0.5) is 13.2 Å². The number of amidine groups is 1. The molecule has 2 aliphatic heterocycles. The van der Waals surface area contributed by atoms with Crippen LogP contribution in [0.3, 0.4) is 0 Å². The Bertz CT molecular complexity index is 1180. The lowest BCUT2D eigenvalue weighted by Gasteiger charge is -2.30. The minimum atomic E-state index is -4.75. The fourth-order valence-electron chi connectivity index (χ4n) is 4.50. The van der Waals surface area contributed by atoms with Gasteiger partial charge in [0.1, 0.15) is 5.84 Å². The van der Waals surface area contributed by atoms with Gasteiger partial charge in [-0.3, -0.25) is 4.79 Å². The molecule has 0 spiro atoms. The van der Waals surface area contributed by atoms with Gasteiger partial charge < -0.3 is 15.1 Å². The summed E-state index contributed by atoms with van der Waals surface area (Å²) in [6.07, 6.45) is -2.97. The molecule has 1 atom stereocenters. The predicted molar refractivity (Wildman–Crippen MR) is 123 cm³/mol. The maximum atomic E-state index is 14.3. The Morgan fingerprint density at radius 2 is 1.79 bits per heavy atom. The molecule has 0 saturated heterocycles. The molecule has 2 aromatic carbocycles. The van der Waals surface area contributed by atoms with E-state index in [9.17, 15) is 18.0 Å². The van der Waals surface area contributed by atoms with Gasteiger partial charge in [0.15, 0.2) is 0 Å². The van der Waals surface area contributed by atoms with Crippen molar-refractivity contribution in [1.29, 1.82) is 0 Å². The lowest BCUT2D eigenvalue weighted by Crippen LogP contribution is -2.43. The minimum absolute atomic E-state index is 0.0831. The van der Waals surface area contributed by atoms with E-state index in [0.717, 1.165) is 29.5 Å². The summed E-state index contributed by atoms with van der Waals surface area (Å²) in [5.74, 6) is 0.626. The quantitative estimate of drug-likeness (QED) is 0.551. The third-order valence-electron chi connectivity index (χ3n) is 6.63. The number of amides is 1. The number of fused-ring (bicyclic) bond motifs is 1. The standard InChI is InChI=1S/C24H22Cl2F3N3O2/c1-13-4-15-11-32(12-16(15)5-20(13)22(33)30-10-14-2-3-14)21-9-23(34-31-21,24(27,28)29)17-6-18(25)8-19(26)7-17/h4-8,14H,2-3,9-12H2,1H3,(H,30,33). The van der Waals surface area contributed by atoms with Crippen LogP contribution in [0.25, 0.3) is 0 Å². The molecule has 180 valence electrons. The fourth-order valence-corrected chi connectivity index (χ4v) is 5.03. The third kappa shape index (κ3) is 4.22. The average molecular weight is 512 g/mol. The van der Waals surface area contributed by atoms with Crippen LogP contribution in [0.2, 0.25) is 10.0 Å². The van der Waals surface area contributed by atoms with E-state index < -0.39 is 18.2 Å². The van der Waals surface area contributed by atoms with E-state index in [2.05, 4.69) is 10.5 Å². The predicted octanol–water partition coefficient (Wildman–Crippen LogP) is 5.95. The van der Waals surface area contributed by atoms with E-state index in [1.165, 1.54) is 18.2 Å². The van der Waals surface area contributed by atoms with Crippen LogP contribution in [-0.4, -0.2) is 29.4 Å². The Kier molecular flexibility index (Phi) is 5.72. The summed E-state index contributed by atoms with van der Waals surface area (Å²) >= 11 is 12.0. The van der Waals surface area contributed by atoms with E-state index >= 15 is 0 Å². The fraction of sp³-hybridized carbons (Fsp3) is 0.417. The van der Waals surface area contributed by atoms with Gasteiger partial charge in [0.05, 0.1) is 6.42 Å². The largest absolute Gasteiger partial charge is 0.435 e. The zero-order chi connectivity index (χ0) is 24.3. The molecule has 2 heterocycles. The van der Waals surface area contributed by atoms with Crippen LogP contribution in [0.15, 0.2) is 35.5 Å². The molecule has 5 rings (SSSR count). The molecule has 1 saturated carbocycles. The zero-order valence-corrected chi connectivity index (χ0v) is 19.8. The molecule has 5 nitrogen and oxygen atoms in total. The van der Waals surface area contributed by atoms with Gasteiger partial charge in [0.25, 0.3) is 11.5 Å². The number of nitrogens with one attached hydrogen (secondary N) is 1. The van der Waals surface area contributed by atoms with Gasteiger partial charge in [0, 0.05) is 40.8 Å². The SMILES string of the molecule is Cc1cc2c(cc1C(=O)NCC1CC1)CN(C1=NOC(c3cc(Cl)cc(Cl)c3)(C(F)(F)F)C1)C2. The molecule has 34 heavy (non-hydrogen) atoms. The highest BCUT2D eigenvalue weighted by molar-refractivity contribution is 6.34. The van der Waals surface area contributed by atoms with Crippen LogP contribution in [-0.2, 0) is 23.5 Å². The highest BCUT2D eigenvalue weighted by Gasteiger charge is 2.63. The molecular weight excluding hydrogens is 490 g/mol. The molecule has 0 bridgehead atoms. The molecule has 1 fully saturated rings. The molecule has 1 amide bonds. The molecule has 10 heteroatoms. The lowest BCUT2D eigenvalue weighted by molar-refractivity contribution is -0.275. The van der Waals surface area contributed by atoms with Crippen LogP contribution in [0, 0.1) is 12.8 Å². The van der Waals surface area contributed by atoms with Gasteiger partial charge in [-0.1, -0.05) is 34.4 Å². The molecule has 0 radical (unpaired) electrons. The Labute approximate surface area is 204 Å². The maximum absolute atomic E-state index is 14.3. The van der Waals surface area contributed by atoms with Crippen LogP contribution < -0.4 is 5.32 Å². The molecular formula is C24H22Cl2F3N3O2. The van der Waals surface area contributed by atoms with Crippen molar-refractivity contribution >= 4 is 34.9 Å². The smallest absolute Gasteiger partial charge is 0.372 e. The number of hydrogen-bond acceptors (Lipinski definition) is 4. The minimum Gasteiger partial charge on any atom is -0.372 e. The van der Waals surface area contributed by atoms with Gasteiger partial charge in [-0.25, -0.2) is 0 Å². The number of nitrogens with zero attached hydrogens (tertiary/aromatic N) is 2. The highest BCUT2D eigenvalue weighted by Crippen LogP contribution is 2.50. The topological polar surface area (TPSA) is 53.9 Å². The van der Waals surface area contributed by atoms with Gasteiger partial charge in [-0.2, -0.15) is 13.2 Å². The molecule has 1 unspecified atom stereocenters. The van der Waals surface area contributed by atoms with Crippen molar-refractivity contribution in [3.63, 3.8) is 0 Å². The van der Waals surface area contributed by atoms with Crippen LogP contribution >= 0.6 is 23.2 Å². The summed E-state index contributed by atoms with van der Waals surface area (Å²) in [5.41, 5.74) is 0.392. The zero-order valence-electron chi connectivity index (χ0n) is 18.3. The Balaban J connectivity index is 1.36. The van der Waals surface area contributed by atoms with Crippen LogP contribution in [0.5, 0.6) is 0 Å². The Morgan fingerprint density at radius 3 is 2.41 bits per heavy atom. The second-order valence-corrected chi connectivity index (χ2v) is 10.1. The van der Waals surface area contributed by atoms with Crippen molar-refractivity contribution in [1.82, 2.24) is 10.2 Å². The lowest BCUT2D eigenvalue weighted by atomic mass is 9.89. The van der Waals surface area contributed by atoms with E-state index in [0.29, 0.717) is 31.1 Å². The second kappa shape index (κ2) is 8.34. The first-order valence-corrected chi connectivity index (χ1v) is 11.8. The number of hydrogen-bond donors (Lipinski definition) is 1. The van der Waals surface area contributed by atoms with Crippen molar-refractivity contribution in [2.24, 2.45) is 11.1 Å². The molecule has 1 aliphatic carbocycles. The molecule has 2 aromatic rings. The van der Waals surface area contributed by atoms with E-state index in [1.54, 1.807) is 4.90 Å². The third-order valence-corrected chi connectivity index (χ3v) is 7.06. The molecule has 3 aliphatic rings. The average Bonchev–Trinajstić information content (AvgIpc) is 3.30. The van der Waals surface area contributed by atoms with E-state index in [4.69, 9.17) is 28.0 Å². The Hall–Kier alpha value is -2.45. The molecule has 0 aromatic heterocycles. The first kappa shape index (κ1) is 23.3. The summed E-state index contributed by atoms with van der Waals surface area (Å²) in [4.78, 5) is 19.5. The monoisotopic (exact) mass is 511 g/mol. The number of rotatable bonds is 4. The van der Waals surface area contributed by atoms with Crippen molar-refractivity contribution in [2.75, 3.05) is 6.54 Å². The summed E-state index contributed by atoms with van der Waals surface area (Å²) in [7, 11) is 0. The van der Waals surface area contributed by atoms with Gasteiger partial charge in [0.2, 0.25) is 0 Å². The number of halogens is 5. The summed E-state index contributed by atoms with van der Waals surface area (Å²) in [6, 6.07) is 7.52. The first-order valence-electron chi connectivity index (χ1n) is 11.0. The summed E-state index contributed by atoms with van der Waals surface area (Å²) in [6.45, 7) is 3.25. The van der Waals surface area contributed by atoms with Crippen LogP contribution in [0.1, 0.15) is 51.9 Å². The summed E-state index contributed by atoms with van der Waals surface area (Å²) < 4.78 is 42.8. The maximum Gasteiger partial charge on any atom is 0.435 e. The van der Waals surface area contributed by atoms with Gasteiger partial charge in [-0.15, -0.1) is 0 Å². The van der Waals surface area contributed by atoms with E-state index in [-0.39, 0.29) is 27.4 Å². The number of carbonyl (C=O) groups excluding carboxylic acids is 1. The first-order chi connectivity index (χ1) is 16.1.